The fourth-order valence-corrected chi connectivity index (χ4v) is 4.62. The first kappa shape index (κ1) is 20.5. The highest BCUT2D eigenvalue weighted by Gasteiger charge is 2.32. The number of benzene rings is 2. The minimum absolute atomic E-state index is 0.111. The van der Waals surface area contributed by atoms with Crippen molar-refractivity contribution in [3.8, 4) is 0 Å². The Morgan fingerprint density at radius 2 is 1.94 bits per heavy atom. The van der Waals surface area contributed by atoms with Gasteiger partial charge in [-0.15, -0.1) is 0 Å². The van der Waals surface area contributed by atoms with Crippen LogP contribution in [0.2, 0.25) is 0 Å². The van der Waals surface area contributed by atoms with Crippen LogP contribution in [0.1, 0.15) is 51.8 Å². The molecule has 2 aromatic carbocycles. The van der Waals surface area contributed by atoms with E-state index in [0.29, 0.717) is 25.1 Å². The summed E-state index contributed by atoms with van der Waals surface area (Å²) in [6.07, 6.45) is 2.72. The Balaban J connectivity index is 1.34. The highest BCUT2D eigenvalue weighted by atomic mass is 16.5. The molecule has 5 rings (SSSR count). The predicted molar refractivity (Wildman–Crippen MR) is 120 cm³/mol. The molecule has 0 spiro atoms. The van der Waals surface area contributed by atoms with Gasteiger partial charge >= 0.3 is 0 Å². The Morgan fingerprint density at radius 1 is 1.16 bits per heavy atom. The fourth-order valence-electron chi connectivity index (χ4n) is 4.62. The van der Waals surface area contributed by atoms with Gasteiger partial charge in [0.05, 0.1) is 18.4 Å². The van der Waals surface area contributed by atoms with E-state index in [2.05, 4.69) is 21.6 Å². The van der Waals surface area contributed by atoms with Crippen molar-refractivity contribution in [3.63, 3.8) is 0 Å². The molecule has 1 unspecified atom stereocenters. The predicted octanol–water partition coefficient (Wildman–Crippen LogP) is 3.32. The van der Waals surface area contributed by atoms with Gasteiger partial charge in [0.25, 0.3) is 5.91 Å². The third kappa shape index (κ3) is 3.80. The molecule has 2 aliphatic heterocycles. The van der Waals surface area contributed by atoms with E-state index in [0.717, 1.165) is 40.9 Å². The molecule has 0 bridgehead atoms. The third-order valence-electron chi connectivity index (χ3n) is 6.38. The second-order valence-electron chi connectivity index (χ2n) is 8.39. The first-order valence-electron chi connectivity index (χ1n) is 11.0. The van der Waals surface area contributed by atoms with Gasteiger partial charge in [-0.2, -0.15) is 5.10 Å². The zero-order chi connectivity index (χ0) is 22.1. The Bertz CT molecular complexity index is 1140. The molecule has 2 atom stereocenters. The maximum absolute atomic E-state index is 13.2. The van der Waals surface area contributed by atoms with Crippen LogP contribution in [0.4, 0.5) is 5.69 Å². The molecule has 0 radical (unpaired) electrons. The molecule has 0 saturated carbocycles. The zero-order valence-corrected chi connectivity index (χ0v) is 18.0. The summed E-state index contributed by atoms with van der Waals surface area (Å²) in [5, 5.41) is 10.2. The number of hydrogen-bond donors (Lipinski definition) is 2. The second-order valence-corrected chi connectivity index (χ2v) is 8.39. The summed E-state index contributed by atoms with van der Waals surface area (Å²) < 4.78 is 5.96. The van der Waals surface area contributed by atoms with Crippen LogP contribution in [0.5, 0.6) is 0 Å². The van der Waals surface area contributed by atoms with E-state index in [1.165, 1.54) is 0 Å². The number of aromatic nitrogens is 2. The topological polar surface area (TPSA) is 87.3 Å². The number of ether oxygens (including phenoxy) is 1. The SMILES string of the molecule is CN1C(=O)[C@@H](NC(=O)c2n[nH]c3c2CC(c2ccccc2)OC3)CCCc2ccccc21. The van der Waals surface area contributed by atoms with Crippen LogP contribution in [0.3, 0.4) is 0 Å². The van der Waals surface area contributed by atoms with Crippen LogP contribution in [0.15, 0.2) is 54.6 Å². The number of carbonyl (C=O) groups excluding carboxylic acids is 2. The fraction of sp³-hybridized carbons (Fsp3) is 0.320. The van der Waals surface area contributed by atoms with Gasteiger partial charge in [-0.1, -0.05) is 48.5 Å². The van der Waals surface area contributed by atoms with E-state index in [9.17, 15) is 9.59 Å². The maximum atomic E-state index is 13.2. The van der Waals surface area contributed by atoms with E-state index in [1.807, 2.05) is 48.5 Å². The normalized spacial score (nSPS) is 20.7. The lowest BCUT2D eigenvalue weighted by atomic mass is 9.96. The molecule has 2 aliphatic rings. The van der Waals surface area contributed by atoms with Crippen LogP contribution >= 0.6 is 0 Å². The number of anilines is 1. The lowest BCUT2D eigenvalue weighted by Crippen LogP contribution is -2.48. The van der Waals surface area contributed by atoms with Crippen LogP contribution < -0.4 is 10.2 Å². The van der Waals surface area contributed by atoms with Crippen molar-refractivity contribution >= 4 is 17.5 Å². The van der Waals surface area contributed by atoms with Gasteiger partial charge < -0.3 is 15.0 Å². The molecule has 7 heteroatoms. The first-order chi connectivity index (χ1) is 15.6. The van der Waals surface area contributed by atoms with Crippen molar-refractivity contribution < 1.29 is 14.3 Å². The quantitative estimate of drug-likeness (QED) is 0.667. The summed E-state index contributed by atoms with van der Waals surface area (Å²) in [6.45, 7) is 0.372. The molecule has 0 fully saturated rings. The number of carbonyl (C=O) groups is 2. The molecule has 2 amide bonds. The standard InChI is InChI=1S/C25H26N4O3/c1-29-21-13-6-5-8-16(21)11-7-12-19(25(29)31)26-24(30)23-18-14-22(17-9-3-2-4-10-17)32-15-20(18)27-28-23/h2-6,8-10,13,19,22H,7,11-12,14-15H2,1H3,(H,26,30)(H,27,28)/t19-,22?/m0/s1. The highest BCUT2D eigenvalue weighted by Crippen LogP contribution is 2.31. The average molecular weight is 431 g/mol. The van der Waals surface area contributed by atoms with Gasteiger partial charge in [0, 0.05) is 24.7 Å². The number of H-pyrrole nitrogens is 1. The Labute approximate surface area is 186 Å². The number of aryl methyl sites for hydroxylation is 1. The van der Waals surface area contributed by atoms with Crippen molar-refractivity contribution in [1.29, 1.82) is 0 Å². The molecule has 2 N–H and O–H groups in total. The summed E-state index contributed by atoms with van der Waals surface area (Å²) in [4.78, 5) is 28.0. The van der Waals surface area contributed by atoms with Gasteiger partial charge in [0.1, 0.15) is 6.04 Å². The van der Waals surface area contributed by atoms with Crippen LogP contribution in [0.25, 0.3) is 0 Å². The number of rotatable bonds is 3. The minimum atomic E-state index is -0.585. The molecule has 3 aromatic rings. The van der Waals surface area contributed by atoms with Crippen molar-refractivity contribution in [1.82, 2.24) is 15.5 Å². The van der Waals surface area contributed by atoms with Crippen molar-refractivity contribution in [2.75, 3.05) is 11.9 Å². The Kier molecular flexibility index (Phi) is 5.49. The van der Waals surface area contributed by atoms with Gasteiger partial charge in [-0.3, -0.25) is 14.7 Å². The molecular weight excluding hydrogens is 404 g/mol. The molecular formula is C25H26N4O3. The van der Waals surface area contributed by atoms with Gasteiger partial charge in [0.15, 0.2) is 5.69 Å². The smallest absolute Gasteiger partial charge is 0.272 e. The van der Waals surface area contributed by atoms with Gasteiger partial charge in [-0.25, -0.2) is 0 Å². The Hall–Kier alpha value is -3.45. The summed E-state index contributed by atoms with van der Waals surface area (Å²) in [5.41, 5.74) is 5.15. The maximum Gasteiger partial charge on any atom is 0.272 e. The van der Waals surface area contributed by atoms with E-state index in [4.69, 9.17) is 4.74 Å². The van der Waals surface area contributed by atoms with Crippen molar-refractivity contribution in [2.24, 2.45) is 0 Å². The minimum Gasteiger partial charge on any atom is -0.367 e. The Morgan fingerprint density at radius 3 is 2.78 bits per heavy atom. The molecule has 0 saturated heterocycles. The first-order valence-corrected chi connectivity index (χ1v) is 11.0. The van der Waals surface area contributed by atoms with Crippen molar-refractivity contribution in [2.45, 2.75) is 44.4 Å². The number of fused-ring (bicyclic) bond motifs is 2. The number of para-hydroxylation sites is 1. The van der Waals surface area contributed by atoms with Crippen LogP contribution in [-0.2, 0) is 29.0 Å². The van der Waals surface area contributed by atoms with Crippen LogP contribution in [-0.4, -0.2) is 35.1 Å². The summed E-state index contributed by atoms with van der Waals surface area (Å²) in [5.74, 6) is -0.433. The lowest BCUT2D eigenvalue weighted by Gasteiger charge is -2.29. The second kappa shape index (κ2) is 8.59. The number of likely N-dealkylation sites (N-methyl/N-ethyl adjacent to an activating group) is 1. The monoisotopic (exact) mass is 430 g/mol. The van der Waals surface area contributed by atoms with Gasteiger partial charge in [0.2, 0.25) is 5.91 Å². The van der Waals surface area contributed by atoms with E-state index in [1.54, 1.807) is 11.9 Å². The number of nitrogens with zero attached hydrogens (tertiary/aromatic N) is 2. The molecule has 1 aromatic heterocycles. The molecule has 164 valence electrons. The highest BCUT2D eigenvalue weighted by molar-refractivity contribution is 6.02. The zero-order valence-electron chi connectivity index (χ0n) is 18.0. The summed E-state index contributed by atoms with van der Waals surface area (Å²) in [7, 11) is 1.77. The molecule has 3 heterocycles. The molecule has 0 aliphatic carbocycles. The summed E-state index contributed by atoms with van der Waals surface area (Å²) in [6, 6.07) is 17.3. The lowest BCUT2D eigenvalue weighted by molar-refractivity contribution is -0.120. The van der Waals surface area contributed by atoms with E-state index >= 15 is 0 Å². The van der Waals surface area contributed by atoms with E-state index in [-0.39, 0.29) is 17.9 Å². The molecule has 7 nitrogen and oxygen atoms in total. The molecule has 32 heavy (non-hydrogen) atoms. The van der Waals surface area contributed by atoms with Gasteiger partial charge in [-0.05, 0) is 36.5 Å². The number of amides is 2. The number of hydrogen-bond acceptors (Lipinski definition) is 4. The van der Waals surface area contributed by atoms with Crippen molar-refractivity contribution in [3.05, 3.63) is 82.7 Å². The van der Waals surface area contributed by atoms with Crippen LogP contribution in [0, 0.1) is 0 Å². The summed E-state index contributed by atoms with van der Waals surface area (Å²) >= 11 is 0. The number of aromatic amines is 1. The average Bonchev–Trinajstić information content (AvgIpc) is 3.26. The number of nitrogens with one attached hydrogen (secondary N) is 2. The third-order valence-corrected chi connectivity index (χ3v) is 6.38. The van der Waals surface area contributed by atoms with E-state index < -0.39 is 6.04 Å². The largest absolute Gasteiger partial charge is 0.367 e.